The third-order valence-corrected chi connectivity index (χ3v) is 7.62. The molecule has 2 rings (SSSR count). The molecule has 2 aromatic carbocycles. The van der Waals surface area contributed by atoms with Crippen molar-refractivity contribution in [2.75, 3.05) is 25.4 Å². The minimum Gasteiger partial charge on any atom is -0.351 e. The molecule has 2 aromatic rings. The van der Waals surface area contributed by atoms with Crippen LogP contribution in [0.3, 0.4) is 0 Å². The minimum absolute atomic E-state index is 0.147. The fourth-order valence-corrected chi connectivity index (χ4v) is 5.12. The molecule has 28 heavy (non-hydrogen) atoms. The standard InChI is InChI=1S/C21H28N2O3S2/c1-5-23(6-2)28(25,26)20-9-7-8-18(15-20)21(24)22-12-13-27-19-11-10-16(3)17(4)14-19/h7-11,14-15H,5-6,12-13H2,1-4H3,(H,22,24). The van der Waals surface area contributed by atoms with Crippen molar-refractivity contribution in [3.8, 4) is 0 Å². The summed E-state index contributed by atoms with van der Waals surface area (Å²) in [5.74, 6) is 0.475. The molecule has 0 fully saturated rings. The van der Waals surface area contributed by atoms with Gasteiger partial charge in [0.1, 0.15) is 0 Å². The largest absolute Gasteiger partial charge is 0.351 e. The Balaban J connectivity index is 1.96. The van der Waals surface area contributed by atoms with E-state index >= 15 is 0 Å². The van der Waals surface area contributed by atoms with Crippen LogP contribution in [-0.4, -0.2) is 44.0 Å². The zero-order valence-corrected chi connectivity index (χ0v) is 18.5. The highest BCUT2D eigenvalue weighted by molar-refractivity contribution is 7.99. The molecule has 0 saturated heterocycles. The summed E-state index contributed by atoms with van der Waals surface area (Å²) in [6, 6.07) is 12.5. The fourth-order valence-electron chi connectivity index (χ4n) is 2.75. The summed E-state index contributed by atoms with van der Waals surface area (Å²) in [6.45, 7) is 9.05. The summed E-state index contributed by atoms with van der Waals surface area (Å²) in [6.07, 6.45) is 0. The van der Waals surface area contributed by atoms with E-state index < -0.39 is 10.0 Å². The topological polar surface area (TPSA) is 66.5 Å². The van der Waals surface area contributed by atoms with Crippen molar-refractivity contribution in [2.45, 2.75) is 37.5 Å². The molecule has 1 amide bonds. The van der Waals surface area contributed by atoms with Crippen molar-refractivity contribution in [2.24, 2.45) is 0 Å². The monoisotopic (exact) mass is 420 g/mol. The summed E-state index contributed by atoms with van der Waals surface area (Å²) < 4.78 is 26.6. The summed E-state index contributed by atoms with van der Waals surface area (Å²) in [5.41, 5.74) is 2.86. The first-order valence-electron chi connectivity index (χ1n) is 9.38. The van der Waals surface area contributed by atoms with E-state index in [1.165, 1.54) is 32.5 Å². The van der Waals surface area contributed by atoms with Crippen LogP contribution >= 0.6 is 11.8 Å². The normalized spacial score (nSPS) is 11.6. The number of sulfonamides is 1. The molecule has 0 bridgehead atoms. The number of aryl methyl sites for hydroxylation is 2. The first-order valence-corrected chi connectivity index (χ1v) is 11.8. The highest BCUT2D eigenvalue weighted by Crippen LogP contribution is 2.21. The maximum absolute atomic E-state index is 12.6. The summed E-state index contributed by atoms with van der Waals surface area (Å²) in [7, 11) is -3.58. The van der Waals surface area contributed by atoms with E-state index in [2.05, 4.69) is 37.4 Å². The van der Waals surface area contributed by atoms with Gasteiger partial charge in [0.25, 0.3) is 5.91 Å². The number of rotatable bonds is 9. The zero-order chi connectivity index (χ0) is 20.7. The second kappa shape index (κ2) is 10.1. The Morgan fingerprint density at radius 3 is 2.39 bits per heavy atom. The quantitative estimate of drug-likeness (QED) is 0.494. The summed E-state index contributed by atoms with van der Waals surface area (Å²) >= 11 is 1.68. The second-order valence-corrected chi connectivity index (χ2v) is 9.57. The maximum atomic E-state index is 12.6. The van der Waals surface area contributed by atoms with Gasteiger partial charge < -0.3 is 5.32 Å². The first kappa shape index (κ1) is 22.5. The number of carbonyl (C=O) groups is 1. The highest BCUT2D eigenvalue weighted by Gasteiger charge is 2.22. The van der Waals surface area contributed by atoms with Crippen LogP contribution in [0.4, 0.5) is 0 Å². The van der Waals surface area contributed by atoms with Gasteiger partial charge in [0, 0.05) is 35.8 Å². The Morgan fingerprint density at radius 1 is 1.04 bits per heavy atom. The van der Waals surface area contributed by atoms with Gasteiger partial charge in [-0.15, -0.1) is 11.8 Å². The average molecular weight is 421 g/mol. The molecular formula is C21H28N2O3S2. The van der Waals surface area contributed by atoms with Gasteiger partial charge in [0.15, 0.2) is 0 Å². The molecule has 7 heteroatoms. The molecule has 0 spiro atoms. The maximum Gasteiger partial charge on any atom is 0.251 e. The van der Waals surface area contributed by atoms with Gasteiger partial charge in [-0.2, -0.15) is 4.31 Å². The van der Waals surface area contributed by atoms with Crippen LogP contribution in [0.25, 0.3) is 0 Å². The predicted octanol–water partition coefficient (Wildman–Crippen LogP) is 3.86. The van der Waals surface area contributed by atoms with E-state index in [-0.39, 0.29) is 10.8 Å². The molecule has 0 atom stereocenters. The minimum atomic E-state index is -3.58. The summed E-state index contributed by atoms with van der Waals surface area (Å²) in [4.78, 5) is 13.7. The van der Waals surface area contributed by atoms with E-state index in [0.29, 0.717) is 25.2 Å². The van der Waals surface area contributed by atoms with Gasteiger partial charge in [-0.05, 0) is 55.3 Å². The number of nitrogens with zero attached hydrogens (tertiary/aromatic N) is 1. The van der Waals surface area contributed by atoms with Gasteiger partial charge in [-0.25, -0.2) is 8.42 Å². The van der Waals surface area contributed by atoms with Crippen LogP contribution < -0.4 is 5.32 Å². The fraction of sp³-hybridized carbons (Fsp3) is 0.381. The molecule has 0 radical (unpaired) electrons. The number of hydrogen-bond donors (Lipinski definition) is 1. The van der Waals surface area contributed by atoms with Gasteiger partial charge >= 0.3 is 0 Å². The lowest BCUT2D eigenvalue weighted by Crippen LogP contribution is -2.31. The molecule has 0 aliphatic rings. The number of carbonyl (C=O) groups excluding carboxylic acids is 1. The van der Waals surface area contributed by atoms with Crippen molar-refractivity contribution < 1.29 is 13.2 Å². The SMILES string of the molecule is CCN(CC)S(=O)(=O)c1cccc(C(=O)NCCSc2ccc(C)c(C)c2)c1. The lowest BCUT2D eigenvalue weighted by Gasteiger charge is -2.18. The Morgan fingerprint density at radius 2 is 1.75 bits per heavy atom. The van der Waals surface area contributed by atoms with E-state index in [9.17, 15) is 13.2 Å². The highest BCUT2D eigenvalue weighted by atomic mass is 32.2. The Hall–Kier alpha value is -1.83. The number of thioether (sulfide) groups is 1. The number of amides is 1. The van der Waals surface area contributed by atoms with Crippen molar-refractivity contribution in [3.63, 3.8) is 0 Å². The Kier molecular flexibility index (Phi) is 8.10. The lowest BCUT2D eigenvalue weighted by molar-refractivity contribution is 0.0956. The molecule has 152 valence electrons. The van der Waals surface area contributed by atoms with E-state index in [0.717, 1.165) is 5.75 Å². The molecule has 0 unspecified atom stereocenters. The molecule has 0 aliphatic carbocycles. The van der Waals surface area contributed by atoms with Crippen LogP contribution in [0.2, 0.25) is 0 Å². The number of hydrogen-bond acceptors (Lipinski definition) is 4. The number of nitrogens with one attached hydrogen (secondary N) is 1. The molecule has 0 aliphatic heterocycles. The zero-order valence-electron chi connectivity index (χ0n) is 16.9. The van der Waals surface area contributed by atoms with Crippen LogP contribution in [0.5, 0.6) is 0 Å². The van der Waals surface area contributed by atoms with Crippen molar-refractivity contribution in [3.05, 3.63) is 59.2 Å². The number of benzene rings is 2. The van der Waals surface area contributed by atoms with Gasteiger partial charge in [0.2, 0.25) is 10.0 Å². The molecule has 1 N–H and O–H groups in total. The smallest absolute Gasteiger partial charge is 0.251 e. The van der Waals surface area contributed by atoms with Gasteiger partial charge in [0.05, 0.1) is 4.90 Å². The third-order valence-electron chi connectivity index (χ3n) is 4.57. The van der Waals surface area contributed by atoms with E-state index in [4.69, 9.17) is 0 Å². The predicted molar refractivity (Wildman–Crippen MR) is 116 cm³/mol. The van der Waals surface area contributed by atoms with Crippen molar-refractivity contribution in [1.29, 1.82) is 0 Å². The van der Waals surface area contributed by atoms with E-state index in [1.807, 2.05) is 0 Å². The Bertz CT molecular complexity index is 923. The first-order chi connectivity index (χ1) is 13.3. The molecule has 0 saturated carbocycles. The van der Waals surface area contributed by atoms with E-state index in [1.54, 1.807) is 37.7 Å². The van der Waals surface area contributed by atoms with Gasteiger partial charge in [-0.3, -0.25) is 4.79 Å². The average Bonchev–Trinajstić information content (AvgIpc) is 2.68. The van der Waals surface area contributed by atoms with Gasteiger partial charge in [-0.1, -0.05) is 26.0 Å². The molecule has 5 nitrogen and oxygen atoms in total. The van der Waals surface area contributed by atoms with Crippen LogP contribution in [0, 0.1) is 13.8 Å². The second-order valence-electron chi connectivity index (χ2n) is 6.47. The molecule has 0 heterocycles. The van der Waals surface area contributed by atoms with Crippen LogP contribution in [0.1, 0.15) is 35.3 Å². The third kappa shape index (κ3) is 5.59. The molecule has 0 aromatic heterocycles. The van der Waals surface area contributed by atoms with Crippen molar-refractivity contribution >= 4 is 27.7 Å². The van der Waals surface area contributed by atoms with Crippen LogP contribution in [0.15, 0.2) is 52.3 Å². The van der Waals surface area contributed by atoms with Crippen molar-refractivity contribution in [1.82, 2.24) is 9.62 Å². The molecular weight excluding hydrogens is 392 g/mol. The Labute approximate surface area is 172 Å². The summed E-state index contributed by atoms with van der Waals surface area (Å²) in [5, 5.41) is 2.86. The lowest BCUT2D eigenvalue weighted by atomic mass is 10.1. The van der Waals surface area contributed by atoms with Crippen LogP contribution in [-0.2, 0) is 10.0 Å².